The molecular weight excluding hydrogens is 523 g/mol. The zero-order valence-corrected chi connectivity index (χ0v) is 21.5. The van der Waals surface area contributed by atoms with Crippen LogP contribution >= 0.6 is 0 Å². The van der Waals surface area contributed by atoms with Gasteiger partial charge in [-0.3, -0.25) is 10.1 Å². The molecule has 0 amide bonds. The lowest BCUT2D eigenvalue weighted by Crippen LogP contribution is -2.06. The topological polar surface area (TPSA) is 129 Å². The lowest BCUT2D eigenvalue weighted by Gasteiger charge is -2.16. The number of nitrogens with zero attached hydrogens (tertiary/aromatic N) is 5. The first kappa shape index (κ1) is 27.7. The van der Waals surface area contributed by atoms with Gasteiger partial charge < -0.3 is 10.6 Å². The third-order valence-corrected chi connectivity index (χ3v) is 6.03. The lowest BCUT2D eigenvalue weighted by molar-refractivity contribution is -0.385. The van der Waals surface area contributed by atoms with Gasteiger partial charge in [-0.2, -0.15) is 18.4 Å². The number of pyridine rings is 1. The van der Waals surface area contributed by atoms with E-state index >= 15 is 0 Å². The van der Waals surface area contributed by atoms with Crippen LogP contribution in [-0.2, 0) is 6.18 Å². The minimum absolute atomic E-state index is 0.0445. The lowest BCUT2D eigenvalue weighted by atomic mass is 10.0. The van der Waals surface area contributed by atoms with Crippen LogP contribution in [0, 0.1) is 35.3 Å². The number of aryl methyl sites for hydroxylation is 1. The number of hydrogen-bond acceptors (Lipinski definition) is 8. The van der Waals surface area contributed by atoms with Crippen molar-refractivity contribution in [1.29, 1.82) is 5.26 Å². The second kappa shape index (κ2) is 11.2. The standard InChI is InChI=1S/C28H22F3N7O2/c1-16-7-6-8-18(13-16)20-9-4-5-10-23(20)34-26-21(15-32)17(2)25(27(33-3)35-26)37-36-24-12-11-19(38(39)40)14-22(24)28(29,30)31/h4-14H,1-3H3,(H2,33,34,35). The van der Waals surface area contributed by atoms with Crippen molar-refractivity contribution in [3.63, 3.8) is 0 Å². The predicted molar refractivity (Wildman–Crippen MR) is 145 cm³/mol. The Morgan fingerprint density at radius 2 is 1.75 bits per heavy atom. The number of aromatic nitrogens is 1. The Morgan fingerprint density at radius 1 is 1.00 bits per heavy atom. The molecule has 0 atom stereocenters. The molecule has 1 aromatic heterocycles. The highest BCUT2D eigenvalue weighted by Crippen LogP contribution is 2.41. The molecule has 1 heterocycles. The van der Waals surface area contributed by atoms with Crippen LogP contribution in [0.2, 0.25) is 0 Å². The maximum Gasteiger partial charge on any atom is 0.418 e. The average molecular weight is 546 g/mol. The van der Waals surface area contributed by atoms with Crippen LogP contribution in [0.3, 0.4) is 0 Å². The molecular formula is C28H22F3N7O2. The number of nitro benzene ring substituents is 1. The number of nitrogens with one attached hydrogen (secondary N) is 2. The van der Waals surface area contributed by atoms with E-state index in [0.29, 0.717) is 17.3 Å². The number of azo groups is 1. The van der Waals surface area contributed by atoms with Crippen LogP contribution in [0.1, 0.15) is 22.3 Å². The second-order valence-corrected chi connectivity index (χ2v) is 8.72. The monoisotopic (exact) mass is 545 g/mol. The summed E-state index contributed by atoms with van der Waals surface area (Å²) in [5, 5.41) is 34.7. The fraction of sp³-hybridized carbons (Fsp3) is 0.143. The summed E-state index contributed by atoms with van der Waals surface area (Å²) >= 11 is 0. The van der Waals surface area contributed by atoms with Gasteiger partial charge in [-0.25, -0.2) is 4.98 Å². The third kappa shape index (κ3) is 5.73. The van der Waals surface area contributed by atoms with Crippen molar-refractivity contribution in [1.82, 2.24) is 4.98 Å². The number of rotatable bonds is 7. The van der Waals surface area contributed by atoms with Crippen LogP contribution < -0.4 is 10.6 Å². The summed E-state index contributed by atoms with van der Waals surface area (Å²) in [5.74, 6) is 0.376. The van der Waals surface area contributed by atoms with E-state index < -0.39 is 28.0 Å². The summed E-state index contributed by atoms with van der Waals surface area (Å²) in [5.41, 5.74) is 1.42. The third-order valence-electron chi connectivity index (χ3n) is 6.03. The summed E-state index contributed by atoms with van der Waals surface area (Å²) in [6.07, 6.45) is -4.91. The number of para-hydroxylation sites is 1. The molecule has 4 aromatic rings. The van der Waals surface area contributed by atoms with Gasteiger partial charge in [0.2, 0.25) is 0 Å². The molecule has 9 nitrogen and oxygen atoms in total. The summed E-state index contributed by atoms with van der Waals surface area (Å²) < 4.78 is 40.8. The number of non-ortho nitro benzene ring substituents is 1. The van der Waals surface area contributed by atoms with E-state index in [1.807, 2.05) is 55.5 Å². The summed E-state index contributed by atoms with van der Waals surface area (Å²) in [6.45, 7) is 3.56. The van der Waals surface area contributed by atoms with Crippen LogP contribution in [-0.4, -0.2) is 17.0 Å². The number of benzene rings is 3. The molecule has 4 rings (SSSR count). The van der Waals surface area contributed by atoms with Gasteiger partial charge in [-0.1, -0.05) is 48.0 Å². The fourth-order valence-electron chi connectivity index (χ4n) is 4.06. The molecule has 12 heteroatoms. The van der Waals surface area contributed by atoms with Gasteiger partial charge >= 0.3 is 6.18 Å². The molecule has 0 saturated heterocycles. The van der Waals surface area contributed by atoms with E-state index in [1.54, 1.807) is 14.0 Å². The van der Waals surface area contributed by atoms with Gasteiger partial charge in [0.1, 0.15) is 11.8 Å². The van der Waals surface area contributed by atoms with Crippen LogP contribution in [0.4, 0.5) is 47.6 Å². The van der Waals surface area contributed by atoms with Crippen molar-refractivity contribution < 1.29 is 18.1 Å². The number of anilines is 3. The molecule has 0 fully saturated rings. The summed E-state index contributed by atoms with van der Waals surface area (Å²) in [6, 6.07) is 19.7. The van der Waals surface area contributed by atoms with E-state index in [9.17, 15) is 28.5 Å². The largest absolute Gasteiger partial charge is 0.418 e. The van der Waals surface area contributed by atoms with Crippen molar-refractivity contribution in [3.8, 4) is 17.2 Å². The van der Waals surface area contributed by atoms with Gasteiger partial charge in [0.25, 0.3) is 5.69 Å². The minimum Gasteiger partial charge on any atom is -0.371 e. The Labute approximate surface area is 227 Å². The number of halogens is 3. The fourth-order valence-corrected chi connectivity index (χ4v) is 4.06. The SMILES string of the molecule is CNc1nc(Nc2ccccc2-c2cccc(C)c2)c(C#N)c(C)c1N=Nc1ccc([N+](=O)[O-])cc1C(F)(F)F. The van der Waals surface area contributed by atoms with Crippen molar-refractivity contribution in [2.75, 3.05) is 17.7 Å². The molecule has 0 bridgehead atoms. The first-order chi connectivity index (χ1) is 19.0. The second-order valence-electron chi connectivity index (χ2n) is 8.72. The van der Waals surface area contributed by atoms with E-state index in [-0.39, 0.29) is 22.9 Å². The van der Waals surface area contributed by atoms with E-state index in [2.05, 4.69) is 31.9 Å². The Morgan fingerprint density at radius 3 is 2.40 bits per heavy atom. The molecule has 0 spiro atoms. The molecule has 2 N–H and O–H groups in total. The van der Waals surface area contributed by atoms with E-state index in [1.165, 1.54) is 0 Å². The molecule has 0 aliphatic rings. The van der Waals surface area contributed by atoms with Crippen LogP contribution in [0.5, 0.6) is 0 Å². The van der Waals surface area contributed by atoms with E-state index in [4.69, 9.17) is 0 Å². The van der Waals surface area contributed by atoms with Crippen molar-refractivity contribution in [2.24, 2.45) is 10.2 Å². The summed E-state index contributed by atoms with van der Waals surface area (Å²) in [4.78, 5) is 14.5. The van der Waals surface area contributed by atoms with Crippen LogP contribution in [0.15, 0.2) is 77.0 Å². The normalized spacial score (nSPS) is 11.3. The molecule has 3 aromatic carbocycles. The molecule has 0 unspecified atom stereocenters. The number of alkyl halides is 3. The van der Waals surface area contributed by atoms with E-state index in [0.717, 1.165) is 28.8 Å². The maximum atomic E-state index is 13.6. The number of hydrogen-bond donors (Lipinski definition) is 2. The molecule has 40 heavy (non-hydrogen) atoms. The Hall–Kier alpha value is -5.31. The highest BCUT2D eigenvalue weighted by molar-refractivity contribution is 5.83. The smallest absolute Gasteiger partial charge is 0.371 e. The molecule has 0 saturated carbocycles. The summed E-state index contributed by atoms with van der Waals surface area (Å²) in [7, 11) is 1.55. The average Bonchev–Trinajstić information content (AvgIpc) is 2.92. The van der Waals surface area contributed by atoms with Gasteiger partial charge in [0, 0.05) is 36.0 Å². The van der Waals surface area contributed by atoms with Crippen LogP contribution in [0.25, 0.3) is 11.1 Å². The van der Waals surface area contributed by atoms with Gasteiger partial charge in [-0.15, -0.1) is 10.2 Å². The first-order valence-corrected chi connectivity index (χ1v) is 11.9. The highest BCUT2D eigenvalue weighted by atomic mass is 19.4. The van der Waals surface area contributed by atoms with Gasteiger partial charge in [0.05, 0.1) is 21.7 Å². The zero-order chi connectivity index (χ0) is 29.0. The first-order valence-electron chi connectivity index (χ1n) is 11.9. The number of nitro groups is 1. The van der Waals surface area contributed by atoms with Crippen molar-refractivity contribution in [2.45, 2.75) is 20.0 Å². The maximum absolute atomic E-state index is 13.6. The highest BCUT2D eigenvalue weighted by Gasteiger charge is 2.35. The minimum atomic E-state index is -4.91. The van der Waals surface area contributed by atoms with Gasteiger partial charge in [0.15, 0.2) is 11.6 Å². The van der Waals surface area contributed by atoms with Gasteiger partial charge in [-0.05, 0) is 31.5 Å². The van der Waals surface area contributed by atoms with Crippen molar-refractivity contribution in [3.05, 3.63) is 99.1 Å². The Balaban J connectivity index is 1.78. The Kier molecular flexibility index (Phi) is 7.76. The predicted octanol–water partition coefficient (Wildman–Crippen LogP) is 8.36. The molecule has 0 radical (unpaired) electrons. The van der Waals surface area contributed by atoms with Crippen molar-refractivity contribution >= 4 is 34.4 Å². The Bertz CT molecular complexity index is 1680. The molecule has 0 aliphatic heterocycles. The quantitative estimate of drug-likeness (QED) is 0.136. The molecule has 0 aliphatic carbocycles. The number of nitriles is 1. The molecule has 202 valence electrons. The zero-order valence-electron chi connectivity index (χ0n) is 21.5.